The van der Waals surface area contributed by atoms with Gasteiger partial charge in [-0.3, -0.25) is 9.59 Å². The summed E-state index contributed by atoms with van der Waals surface area (Å²) in [5, 5.41) is 2.75. The number of ether oxygens (including phenoxy) is 2. The van der Waals surface area contributed by atoms with Crippen LogP contribution in [0, 0.1) is 5.92 Å². The summed E-state index contributed by atoms with van der Waals surface area (Å²) in [7, 11) is 1.81. The number of alkyl carbamates (subject to hydrolysis) is 1. The summed E-state index contributed by atoms with van der Waals surface area (Å²) in [5.41, 5.74) is 1.97. The molecule has 0 aliphatic carbocycles. The van der Waals surface area contributed by atoms with E-state index in [9.17, 15) is 14.4 Å². The monoisotopic (exact) mass is 480 g/mol. The molecule has 7 nitrogen and oxygen atoms in total. The van der Waals surface area contributed by atoms with Crippen molar-refractivity contribution in [2.45, 2.75) is 58.1 Å². The van der Waals surface area contributed by atoms with Crippen molar-refractivity contribution in [3.05, 3.63) is 54.1 Å². The molecule has 1 saturated heterocycles. The number of likely N-dealkylation sites (N-methyl/N-ethyl adjacent to an activating group) is 1. The second kappa shape index (κ2) is 11.9. The van der Waals surface area contributed by atoms with Crippen molar-refractivity contribution in [1.82, 2.24) is 10.2 Å². The van der Waals surface area contributed by atoms with Gasteiger partial charge in [-0.2, -0.15) is 0 Å². The smallest absolute Gasteiger partial charge is 0.407 e. The van der Waals surface area contributed by atoms with Crippen LogP contribution in [0.1, 0.15) is 56.8 Å². The fourth-order valence-electron chi connectivity index (χ4n) is 4.26. The SMILES string of the molecule is CN1C(=O)[C@H](CCCCNC(=O)OC(C)(C)C)C[C@H]1COc1ccc(-c2ccccc2)cc1C=O. The maximum absolute atomic E-state index is 12.7. The number of nitrogens with one attached hydrogen (secondary N) is 1. The summed E-state index contributed by atoms with van der Waals surface area (Å²) >= 11 is 0. The van der Waals surface area contributed by atoms with Crippen molar-refractivity contribution in [2.24, 2.45) is 5.92 Å². The van der Waals surface area contributed by atoms with Gasteiger partial charge in [-0.05, 0) is 63.3 Å². The van der Waals surface area contributed by atoms with E-state index in [4.69, 9.17) is 9.47 Å². The van der Waals surface area contributed by atoms with E-state index < -0.39 is 11.7 Å². The van der Waals surface area contributed by atoms with Crippen LogP contribution in [0.2, 0.25) is 0 Å². The Hall–Kier alpha value is -3.35. The highest BCUT2D eigenvalue weighted by molar-refractivity contribution is 5.83. The van der Waals surface area contributed by atoms with Crippen LogP contribution in [0.4, 0.5) is 4.79 Å². The van der Waals surface area contributed by atoms with Gasteiger partial charge in [0.15, 0.2) is 6.29 Å². The van der Waals surface area contributed by atoms with Crippen molar-refractivity contribution in [1.29, 1.82) is 0 Å². The first kappa shape index (κ1) is 26.3. The minimum Gasteiger partial charge on any atom is -0.491 e. The Bertz CT molecular complexity index is 1020. The molecule has 0 aromatic heterocycles. The number of carbonyl (C=O) groups excluding carboxylic acids is 3. The number of benzene rings is 2. The van der Waals surface area contributed by atoms with Crippen molar-refractivity contribution in [2.75, 3.05) is 20.2 Å². The Morgan fingerprint density at radius 1 is 1.11 bits per heavy atom. The number of rotatable bonds is 10. The Morgan fingerprint density at radius 2 is 1.86 bits per heavy atom. The molecule has 0 bridgehead atoms. The number of aldehydes is 1. The maximum Gasteiger partial charge on any atom is 0.407 e. The van der Waals surface area contributed by atoms with Crippen molar-refractivity contribution < 1.29 is 23.9 Å². The molecular formula is C28H36N2O5. The lowest BCUT2D eigenvalue weighted by molar-refractivity contribution is -0.131. The van der Waals surface area contributed by atoms with E-state index >= 15 is 0 Å². The zero-order valence-electron chi connectivity index (χ0n) is 21.1. The molecule has 0 unspecified atom stereocenters. The summed E-state index contributed by atoms with van der Waals surface area (Å²) < 4.78 is 11.2. The predicted molar refractivity (Wildman–Crippen MR) is 136 cm³/mol. The van der Waals surface area contributed by atoms with Crippen LogP contribution in [0.25, 0.3) is 11.1 Å². The molecule has 35 heavy (non-hydrogen) atoms. The summed E-state index contributed by atoms with van der Waals surface area (Å²) in [6.07, 6.45) is 3.49. The zero-order chi connectivity index (χ0) is 25.4. The van der Waals surface area contributed by atoms with Crippen molar-refractivity contribution in [3.8, 4) is 16.9 Å². The second-order valence-electron chi connectivity index (χ2n) is 10.0. The molecule has 2 amide bonds. The van der Waals surface area contributed by atoms with Gasteiger partial charge < -0.3 is 19.7 Å². The first-order valence-electron chi connectivity index (χ1n) is 12.2. The Morgan fingerprint density at radius 3 is 2.54 bits per heavy atom. The lowest BCUT2D eigenvalue weighted by atomic mass is 9.98. The van der Waals surface area contributed by atoms with Crippen LogP contribution >= 0.6 is 0 Å². The minimum absolute atomic E-state index is 0.0410. The molecule has 1 fully saturated rings. The van der Waals surface area contributed by atoms with Gasteiger partial charge in [0.25, 0.3) is 0 Å². The highest BCUT2D eigenvalue weighted by atomic mass is 16.6. The van der Waals surface area contributed by atoms with Gasteiger partial charge in [-0.15, -0.1) is 0 Å². The van der Waals surface area contributed by atoms with Gasteiger partial charge in [-0.1, -0.05) is 42.8 Å². The highest BCUT2D eigenvalue weighted by Gasteiger charge is 2.37. The molecule has 1 heterocycles. The summed E-state index contributed by atoms with van der Waals surface area (Å²) in [6.45, 7) is 6.34. The van der Waals surface area contributed by atoms with E-state index in [0.29, 0.717) is 30.9 Å². The van der Waals surface area contributed by atoms with Crippen LogP contribution in [-0.2, 0) is 9.53 Å². The van der Waals surface area contributed by atoms with E-state index in [1.54, 1.807) is 11.9 Å². The Balaban J connectivity index is 1.46. The second-order valence-corrected chi connectivity index (χ2v) is 10.0. The van der Waals surface area contributed by atoms with Gasteiger partial charge in [0.1, 0.15) is 18.0 Å². The maximum atomic E-state index is 12.7. The van der Waals surface area contributed by atoms with Gasteiger partial charge in [0.2, 0.25) is 5.91 Å². The Labute approximate surface area is 207 Å². The minimum atomic E-state index is -0.515. The zero-order valence-corrected chi connectivity index (χ0v) is 21.1. The number of likely N-dealkylation sites (tertiary alicyclic amines) is 1. The molecule has 188 valence electrons. The Kier molecular flexibility index (Phi) is 8.90. The molecule has 2 aromatic carbocycles. The third-order valence-corrected chi connectivity index (χ3v) is 6.12. The first-order chi connectivity index (χ1) is 16.7. The predicted octanol–water partition coefficient (Wildman–Crippen LogP) is 5.09. The molecule has 2 aromatic rings. The van der Waals surface area contributed by atoms with Gasteiger partial charge in [0, 0.05) is 19.5 Å². The largest absolute Gasteiger partial charge is 0.491 e. The molecule has 0 spiro atoms. The molecule has 1 N–H and O–H groups in total. The lowest BCUT2D eigenvalue weighted by Gasteiger charge is -2.20. The number of hydrogen-bond acceptors (Lipinski definition) is 5. The topological polar surface area (TPSA) is 84.9 Å². The van der Waals surface area contributed by atoms with Crippen LogP contribution in [0.3, 0.4) is 0 Å². The quantitative estimate of drug-likeness (QED) is 0.378. The summed E-state index contributed by atoms with van der Waals surface area (Å²) in [6, 6.07) is 15.4. The number of carbonyl (C=O) groups is 3. The normalized spacial score (nSPS) is 17.8. The van der Waals surface area contributed by atoms with Crippen molar-refractivity contribution in [3.63, 3.8) is 0 Å². The van der Waals surface area contributed by atoms with Crippen LogP contribution < -0.4 is 10.1 Å². The molecule has 1 aliphatic rings. The van der Waals surface area contributed by atoms with E-state index in [0.717, 1.165) is 36.7 Å². The summed E-state index contributed by atoms with van der Waals surface area (Å²) in [4.78, 5) is 37.8. The third-order valence-electron chi connectivity index (χ3n) is 6.12. The highest BCUT2D eigenvalue weighted by Crippen LogP contribution is 2.30. The van der Waals surface area contributed by atoms with Crippen LogP contribution in [-0.4, -0.2) is 55.0 Å². The van der Waals surface area contributed by atoms with Gasteiger partial charge >= 0.3 is 6.09 Å². The number of nitrogens with zero attached hydrogens (tertiary/aromatic N) is 1. The van der Waals surface area contributed by atoms with E-state index in [2.05, 4.69) is 5.32 Å². The van der Waals surface area contributed by atoms with Crippen LogP contribution in [0.15, 0.2) is 48.5 Å². The average Bonchev–Trinajstić information content (AvgIpc) is 3.09. The fraction of sp³-hybridized carbons (Fsp3) is 0.464. The van der Waals surface area contributed by atoms with Crippen LogP contribution in [0.5, 0.6) is 5.75 Å². The number of hydrogen-bond donors (Lipinski definition) is 1. The number of amides is 2. The fourth-order valence-corrected chi connectivity index (χ4v) is 4.26. The van der Waals surface area contributed by atoms with Crippen molar-refractivity contribution >= 4 is 18.3 Å². The van der Waals surface area contributed by atoms with E-state index in [-0.39, 0.29) is 17.9 Å². The molecule has 3 rings (SSSR count). The molecule has 0 radical (unpaired) electrons. The van der Waals surface area contributed by atoms with E-state index in [1.165, 1.54) is 0 Å². The lowest BCUT2D eigenvalue weighted by Crippen LogP contribution is -2.34. The van der Waals surface area contributed by atoms with Gasteiger partial charge in [0.05, 0.1) is 11.6 Å². The molecular weight excluding hydrogens is 444 g/mol. The van der Waals surface area contributed by atoms with E-state index in [1.807, 2.05) is 69.3 Å². The molecule has 7 heteroatoms. The average molecular weight is 481 g/mol. The third kappa shape index (κ3) is 7.57. The molecule has 1 aliphatic heterocycles. The summed E-state index contributed by atoms with van der Waals surface area (Å²) in [5.74, 6) is 0.590. The standard InChI is InChI=1S/C28H36N2O5/c1-28(2,3)35-27(33)29-15-9-8-12-22-17-24(30(4)26(22)32)19-34-25-14-13-21(16-23(25)18-31)20-10-6-5-7-11-20/h5-7,10-11,13-14,16,18,22,24H,8-9,12,15,17,19H2,1-4H3,(H,29,33)/t22-,24+/m1/s1. The first-order valence-corrected chi connectivity index (χ1v) is 12.2. The molecule has 2 atom stereocenters. The molecule has 0 saturated carbocycles. The van der Waals surface area contributed by atoms with Gasteiger partial charge in [-0.25, -0.2) is 4.79 Å². The number of unbranched alkanes of at least 4 members (excludes halogenated alkanes) is 1.